The summed E-state index contributed by atoms with van der Waals surface area (Å²) in [7, 11) is 1.75. The number of allylic oxidation sites excluding steroid dienone is 2. The summed E-state index contributed by atoms with van der Waals surface area (Å²) in [5, 5.41) is 5.97. The maximum atomic E-state index is 13.3. The summed E-state index contributed by atoms with van der Waals surface area (Å²) in [5.74, 6) is -0.263. The number of hydrogen-bond acceptors (Lipinski definition) is 5. The summed E-state index contributed by atoms with van der Waals surface area (Å²) in [6, 6.07) is 1.68. The van der Waals surface area contributed by atoms with Crippen LogP contribution in [0.15, 0.2) is 23.9 Å². The third-order valence-electron chi connectivity index (χ3n) is 5.39. The van der Waals surface area contributed by atoms with Crippen LogP contribution in [-0.2, 0) is 9.53 Å². The molecule has 2 atom stereocenters. The zero-order valence-electron chi connectivity index (χ0n) is 16.5. The maximum Gasteiger partial charge on any atom is 0.257 e. The minimum atomic E-state index is -0.612. The molecule has 2 amide bonds. The fourth-order valence-corrected chi connectivity index (χ4v) is 3.72. The molecular weight excluding hydrogens is 363 g/mol. The molecule has 2 unspecified atom stereocenters. The standard InChI is InChI=1S/C15H16FN3O2.C5H11NO/c1-3-9-4-6-11(14(20)17-9)19-8(2)13-10(15(19)21)5-7-12(16)18-13;1-7-4-5-2-6-3-5/h3,5,7-8,11H,4,6H2,1-2H3,(H,17,20);5-6H,2-4H2,1H3. The van der Waals surface area contributed by atoms with Gasteiger partial charge in [0.25, 0.3) is 5.91 Å². The number of halogens is 1. The number of carbonyl (C=O) groups excluding carboxylic acids is 2. The Hall–Kier alpha value is -2.32. The molecule has 0 spiro atoms. The average Bonchev–Trinajstić information content (AvgIpc) is 2.89. The van der Waals surface area contributed by atoms with Gasteiger partial charge in [0.15, 0.2) is 0 Å². The summed E-state index contributed by atoms with van der Waals surface area (Å²) in [6.07, 6.45) is 3.13. The SMILES string of the molecule is CC=C1CCC(N2C(=O)c3ccc(F)nc3C2C)C(=O)N1.COCC1CNC1. The van der Waals surface area contributed by atoms with Crippen molar-refractivity contribution in [2.45, 2.75) is 38.8 Å². The lowest BCUT2D eigenvalue weighted by Crippen LogP contribution is -2.50. The van der Waals surface area contributed by atoms with E-state index in [1.807, 2.05) is 13.0 Å². The van der Waals surface area contributed by atoms with Crippen molar-refractivity contribution < 1.29 is 18.7 Å². The second-order valence-electron chi connectivity index (χ2n) is 7.29. The third-order valence-corrected chi connectivity index (χ3v) is 5.39. The number of pyridine rings is 1. The van der Waals surface area contributed by atoms with Gasteiger partial charge in [0, 0.05) is 31.8 Å². The van der Waals surface area contributed by atoms with E-state index < -0.39 is 18.0 Å². The molecule has 8 heteroatoms. The first-order chi connectivity index (χ1) is 13.5. The van der Waals surface area contributed by atoms with Crippen LogP contribution in [0.25, 0.3) is 0 Å². The molecule has 0 aromatic carbocycles. The number of fused-ring (bicyclic) bond motifs is 1. The normalized spacial score (nSPS) is 25.7. The molecule has 7 nitrogen and oxygen atoms in total. The van der Waals surface area contributed by atoms with E-state index in [2.05, 4.69) is 15.6 Å². The Morgan fingerprint density at radius 2 is 2.11 bits per heavy atom. The second kappa shape index (κ2) is 8.79. The van der Waals surface area contributed by atoms with E-state index in [0.717, 1.165) is 31.3 Å². The Morgan fingerprint density at radius 1 is 1.36 bits per heavy atom. The van der Waals surface area contributed by atoms with Crippen LogP contribution >= 0.6 is 0 Å². The van der Waals surface area contributed by atoms with Gasteiger partial charge in [-0.15, -0.1) is 0 Å². The molecule has 0 aliphatic carbocycles. The molecule has 0 radical (unpaired) electrons. The molecule has 1 aromatic heterocycles. The third kappa shape index (κ3) is 4.07. The van der Waals surface area contributed by atoms with Crippen molar-refractivity contribution >= 4 is 11.8 Å². The zero-order chi connectivity index (χ0) is 20.3. The summed E-state index contributed by atoms with van der Waals surface area (Å²) < 4.78 is 18.2. The Kier molecular flexibility index (Phi) is 6.41. The number of amides is 2. The molecule has 0 saturated carbocycles. The van der Waals surface area contributed by atoms with E-state index in [0.29, 0.717) is 24.1 Å². The lowest BCUT2D eigenvalue weighted by Gasteiger charge is -2.34. The van der Waals surface area contributed by atoms with Gasteiger partial charge in [0.2, 0.25) is 11.9 Å². The van der Waals surface area contributed by atoms with E-state index in [1.165, 1.54) is 17.0 Å². The number of nitrogens with zero attached hydrogens (tertiary/aromatic N) is 2. The number of carbonyl (C=O) groups is 2. The number of nitrogens with one attached hydrogen (secondary N) is 2. The van der Waals surface area contributed by atoms with Crippen molar-refractivity contribution in [1.29, 1.82) is 0 Å². The van der Waals surface area contributed by atoms with Crippen LogP contribution in [0.2, 0.25) is 0 Å². The van der Waals surface area contributed by atoms with Gasteiger partial charge in [-0.25, -0.2) is 4.98 Å². The molecule has 28 heavy (non-hydrogen) atoms. The Bertz CT molecular complexity index is 779. The number of methoxy groups -OCH3 is 1. The summed E-state index contributed by atoms with van der Waals surface area (Å²) in [4.78, 5) is 30.0. The van der Waals surface area contributed by atoms with Crippen molar-refractivity contribution in [1.82, 2.24) is 20.5 Å². The van der Waals surface area contributed by atoms with Crippen LogP contribution in [-0.4, -0.2) is 54.5 Å². The molecule has 2 N–H and O–H groups in total. The number of rotatable bonds is 3. The largest absolute Gasteiger partial charge is 0.384 e. The van der Waals surface area contributed by atoms with Crippen molar-refractivity contribution in [3.63, 3.8) is 0 Å². The highest BCUT2D eigenvalue weighted by molar-refractivity contribution is 6.01. The first kappa shape index (κ1) is 20.4. The van der Waals surface area contributed by atoms with E-state index in [1.54, 1.807) is 14.0 Å². The Morgan fingerprint density at radius 3 is 2.64 bits per heavy atom. The zero-order valence-corrected chi connectivity index (χ0v) is 16.5. The molecular formula is C20H27FN4O3. The number of piperidine rings is 1. The van der Waals surface area contributed by atoms with Gasteiger partial charge in [0.1, 0.15) is 6.04 Å². The summed E-state index contributed by atoms with van der Waals surface area (Å²) >= 11 is 0. The predicted octanol–water partition coefficient (Wildman–Crippen LogP) is 1.77. The first-order valence-electron chi connectivity index (χ1n) is 9.61. The number of hydrogen-bond donors (Lipinski definition) is 2. The highest BCUT2D eigenvalue weighted by Gasteiger charge is 2.43. The van der Waals surface area contributed by atoms with Gasteiger partial charge in [-0.1, -0.05) is 6.08 Å². The highest BCUT2D eigenvalue weighted by atomic mass is 19.1. The molecule has 3 aliphatic heterocycles. The van der Waals surface area contributed by atoms with E-state index in [4.69, 9.17) is 4.74 Å². The Labute approximate surface area is 164 Å². The van der Waals surface area contributed by atoms with Crippen LogP contribution in [0.5, 0.6) is 0 Å². The van der Waals surface area contributed by atoms with Gasteiger partial charge in [-0.3, -0.25) is 9.59 Å². The average molecular weight is 390 g/mol. The van der Waals surface area contributed by atoms with Crippen LogP contribution < -0.4 is 10.6 Å². The van der Waals surface area contributed by atoms with Gasteiger partial charge in [-0.05, 0) is 38.8 Å². The lowest BCUT2D eigenvalue weighted by molar-refractivity contribution is -0.126. The monoisotopic (exact) mass is 390 g/mol. The van der Waals surface area contributed by atoms with Crippen molar-refractivity contribution in [2.75, 3.05) is 26.8 Å². The highest BCUT2D eigenvalue weighted by Crippen LogP contribution is 2.35. The summed E-state index contributed by atoms with van der Waals surface area (Å²) in [5.41, 5.74) is 1.66. The molecule has 4 heterocycles. The molecule has 2 saturated heterocycles. The predicted molar refractivity (Wildman–Crippen MR) is 102 cm³/mol. The van der Waals surface area contributed by atoms with Crippen molar-refractivity contribution in [3.05, 3.63) is 41.1 Å². The van der Waals surface area contributed by atoms with Crippen LogP contribution in [0, 0.1) is 11.9 Å². The quantitative estimate of drug-likeness (QED) is 0.769. The topological polar surface area (TPSA) is 83.6 Å². The van der Waals surface area contributed by atoms with Gasteiger partial charge >= 0.3 is 0 Å². The molecule has 0 bridgehead atoms. The molecule has 4 rings (SSSR count). The van der Waals surface area contributed by atoms with Crippen molar-refractivity contribution in [2.24, 2.45) is 5.92 Å². The lowest BCUT2D eigenvalue weighted by atomic mass is 10.0. The number of aromatic nitrogens is 1. The minimum Gasteiger partial charge on any atom is -0.384 e. The van der Waals surface area contributed by atoms with Gasteiger partial charge < -0.3 is 20.3 Å². The van der Waals surface area contributed by atoms with Crippen LogP contribution in [0.1, 0.15) is 48.8 Å². The van der Waals surface area contributed by atoms with Crippen LogP contribution in [0.4, 0.5) is 4.39 Å². The minimum absolute atomic E-state index is 0.192. The van der Waals surface area contributed by atoms with E-state index in [-0.39, 0.29) is 11.8 Å². The molecule has 3 aliphatic rings. The van der Waals surface area contributed by atoms with Crippen molar-refractivity contribution in [3.8, 4) is 0 Å². The van der Waals surface area contributed by atoms with E-state index in [9.17, 15) is 14.0 Å². The van der Waals surface area contributed by atoms with Gasteiger partial charge in [-0.2, -0.15) is 4.39 Å². The number of ether oxygens (including phenoxy) is 1. The van der Waals surface area contributed by atoms with Crippen LogP contribution in [0.3, 0.4) is 0 Å². The van der Waals surface area contributed by atoms with Gasteiger partial charge in [0.05, 0.1) is 23.9 Å². The summed E-state index contributed by atoms with van der Waals surface area (Å²) in [6.45, 7) is 6.85. The fraction of sp³-hybridized carbons (Fsp3) is 0.550. The smallest absolute Gasteiger partial charge is 0.257 e. The maximum absolute atomic E-state index is 13.3. The van der Waals surface area contributed by atoms with E-state index >= 15 is 0 Å². The molecule has 1 aromatic rings. The molecule has 152 valence electrons. The first-order valence-corrected chi connectivity index (χ1v) is 9.61. The molecule has 2 fully saturated rings. The fourth-order valence-electron chi connectivity index (χ4n) is 3.72. The Balaban J connectivity index is 0.000000271. The second-order valence-corrected chi connectivity index (χ2v) is 7.29.